The summed E-state index contributed by atoms with van der Waals surface area (Å²) in [5.74, 6) is 0. The Morgan fingerprint density at radius 2 is 1.46 bits per heavy atom. The number of nitrogens with zero attached hydrogens (tertiary/aromatic N) is 1. The molecule has 2 aromatic carbocycles. The summed E-state index contributed by atoms with van der Waals surface area (Å²) in [5.41, 5.74) is 5.25. The highest BCUT2D eigenvalue weighted by Gasteiger charge is 2.28. The lowest BCUT2D eigenvalue weighted by atomic mass is 10.1. The minimum Gasteiger partial charge on any atom is -0.360 e. The van der Waals surface area contributed by atoms with Crippen LogP contribution in [0.4, 0.5) is 0 Å². The van der Waals surface area contributed by atoms with Gasteiger partial charge in [-0.3, -0.25) is 0 Å². The van der Waals surface area contributed by atoms with Gasteiger partial charge in [0.05, 0.1) is 6.04 Å². The lowest BCUT2D eigenvalue weighted by molar-refractivity contribution is 0.246. The van der Waals surface area contributed by atoms with Gasteiger partial charge in [0.2, 0.25) is 0 Å². The van der Waals surface area contributed by atoms with Crippen LogP contribution in [0.2, 0.25) is 0 Å². The fraction of sp³-hybridized carbons (Fsp3) is 0.350. The highest BCUT2D eigenvalue weighted by atomic mass is 32.1. The zero-order valence-electron chi connectivity index (χ0n) is 14.0. The van der Waals surface area contributed by atoms with Crippen LogP contribution in [-0.2, 0) is 0 Å². The second-order valence-electron chi connectivity index (χ2n) is 6.80. The molecule has 0 aromatic heterocycles. The van der Waals surface area contributed by atoms with E-state index >= 15 is 0 Å². The van der Waals surface area contributed by atoms with Crippen LogP contribution in [-0.4, -0.2) is 36.2 Å². The molecular weight excluding hydrogens is 314 g/mol. The van der Waals surface area contributed by atoms with Gasteiger partial charge in [-0.1, -0.05) is 48.5 Å². The first kappa shape index (κ1) is 15.6. The first-order valence-electron chi connectivity index (χ1n) is 8.66. The Morgan fingerprint density at radius 3 is 2.04 bits per heavy atom. The first-order chi connectivity index (χ1) is 11.7. The Morgan fingerprint density at radius 1 is 0.917 bits per heavy atom. The monoisotopic (exact) mass is 337 g/mol. The summed E-state index contributed by atoms with van der Waals surface area (Å²) in [6.45, 7) is 2.27. The summed E-state index contributed by atoms with van der Waals surface area (Å²) in [6.07, 6.45) is 2.30. The van der Waals surface area contributed by atoms with Gasteiger partial charge < -0.3 is 15.5 Å². The van der Waals surface area contributed by atoms with Crippen molar-refractivity contribution >= 4 is 17.3 Å². The third-order valence-corrected chi connectivity index (χ3v) is 5.40. The Bertz CT molecular complexity index is 705. The van der Waals surface area contributed by atoms with Crippen molar-refractivity contribution in [2.24, 2.45) is 0 Å². The van der Waals surface area contributed by atoms with Crippen molar-refractivity contribution in [3.63, 3.8) is 0 Å². The van der Waals surface area contributed by atoms with Crippen LogP contribution in [0.15, 0.2) is 48.5 Å². The molecule has 4 rings (SSSR count). The lowest BCUT2D eigenvalue weighted by Crippen LogP contribution is -2.47. The van der Waals surface area contributed by atoms with Gasteiger partial charge in [0.1, 0.15) is 0 Å². The quantitative estimate of drug-likeness (QED) is 0.822. The molecule has 0 bridgehead atoms. The van der Waals surface area contributed by atoms with E-state index in [1.54, 1.807) is 0 Å². The van der Waals surface area contributed by atoms with Crippen LogP contribution >= 0.6 is 12.2 Å². The predicted octanol–water partition coefficient (Wildman–Crippen LogP) is 3.31. The standard InChI is InChI=1S/C20H23N3S/c1-23-12-10-14(11-13-23)21-20(24)22-19-17-8-4-2-6-15(17)16-7-3-5-9-18(16)19/h2-9,14,19H,10-13H2,1H3,(H2,21,22,24). The van der Waals surface area contributed by atoms with Gasteiger partial charge in [-0.15, -0.1) is 0 Å². The maximum Gasteiger partial charge on any atom is 0.167 e. The molecule has 4 heteroatoms. The average Bonchev–Trinajstić information content (AvgIpc) is 2.92. The van der Waals surface area contributed by atoms with E-state index in [-0.39, 0.29) is 6.04 Å². The number of nitrogens with one attached hydrogen (secondary N) is 2. The molecule has 1 heterocycles. The molecule has 0 saturated carbocycles. The predicted molar refractivity (Wildman–Crippen MR) is 103 cm³/mol. The summed E-state index contributed by atoms with van der Waals surface area (Å²) in [7, 11) is 2.18. The number of hydrogen-bond donors (Lipinski definition) is 2. The number of rotatable bonds is 2. The van der Waals surface area contributed by atoms with Crippen molar-refractivity contribution in [1.29, 1.82) is 0 Å². The van der Waals surface area contributed by atoms with E-state index in [0.717, 1.165) is 31.0 Å². The fourth-order valence-electron chi connectivity index (χ4n) is 3.82. The van der Waals surface area contributed by atoms with Crippen molar-refractivity contribution in [3.05, 3.63) is 59.7 Å². The normalized spacial score (nSPS) is 18.0. The van der Waals surface area contributed by atoms with E-state index in [2.05, 4.69) is 71.1 Å². The fourth-order valence-corrected chi connectivity index (χ4v) is 4.11. The van der Waals surface area contributed by atoms with Crippen LogP contribution in [0.1, 0.15) is 30.0 Å². The molecule has 1 aliphatic carbocycles. The van der Waals surface area contributed by atoms with Crippen molar-refractivity contribution in [3.8, 4) is 11.1 Å². The number of thiocarbonyl (C=S) groups is 1. The molecule has 0 atom stereocenters. The molecule has 2 aromatic rings. The third-order valence-electron chi connectivity index (χ3n) is 5.16. The average molecular weight is 337 g/mol. The van der Waals surface area contributed by atoms with Crippen LogP contribution in [0.3, 0.4) is 0 Å². The second-order valence-corrected chi connectivity index (χ2v) is 7.21. The molecule has 1 saturated heterocycles. The van der Waals surface area contributed by atoms with Gasteiger partial charge in [-0.25, -0.2) is 0 Å². The zero-order chi connectivity index (χ0) is 16.5. The molecule has 2 N–H and O–H groups in total. The van der Waals surface area contributed by atoms with E-state index in [0.29, 0.717) is 6.04 Å². The van der Waals surface area contributed by atoms with E-state index < -0.39 is 0 Å². The maximum absolute atomic E-state index is 5.62. The van der Waals surface area contributed by atoms with E-state index in [1.165, 1.54) is 22.3 Å². The largest absolute Gasteiger partial charge is 0.360 e. The van der Waals surface area contributed by atoms with Crippen molar-refractivity contribution in [2.45, 2.75) is 24.9 Å². The highest BCUT2D eigenvalue weighted by molar-refractivity contribution is 7.80. The SMILES string of the molecule is CN1CCC(NC(=S)NC2c3ccccc3-c3ccccc32)CC1. The van der Waals surface area contributed by atoms with Crippen LogP contribution in [0, 0.1) is 0 Å². The van der Waals surface area contributed by atoms with Gasteiger partial charge >= 0.3 is 0 Å². The molecule has 24 heavy (non-hydrogen) atoms. The van der Waals surface area contributed by atoms with E-state index in [9.17, 15) is 0 Å². The maximum atomic E-state index is 5.62. The molecular formula is C20H23N3S. The van der Waals surface area contributed by atoms with Gasteiger partial charge in [0.25, 0.3) is 0 Å². The van der Waals surface area contributed by atoms with Crippen molar-refractivity contribution in [2.75, 3.05) is 20.1 Å². The molecule has 0 amide bonds. The molecule has 3 nitrogen and oxygen atoms in total. The molecule has 1 aliphatic heterocycles. The Kier molecular flexibility index (Phi) is 4.25. The minimum absolute atomic E-state index is 0.142. The number of piperidine rings is 1. The summed E-state index contributed by atoms with van der Waals surface area (Å²) in [4.78, 5) is 2.37. The summed E-state index contributed by atoms with van der Waals surface area (Å²) in [6, 6.07) is 17.8. The molecule has 124 valence electrons. The van der Waals surface area contributed by atoms with Gasteiger partial charge in [-0.05, 0) is 67.5 Å². The number of likely N-dealkylation sites (tertiary alicyclic amines) is 1. The molecule has 0 spiro atoms. The Labute approximate surface area is 149 Å². The smallest absolute Gasteiger partial charge is 0.167 e. The number of hydrogen-bond acceptors (Lipinski definition) is 2. The van der Waals surface area contributed by atoms with Gasteiger partial charge in [-0.2, -0.15) is 0 Å². The van der Waals surface area contributed by atoms with Crippen molar-refractivity contribution in [1.82, 2.24) is 15.5 Å². The summed E-state index contributed by atoms with van der Waals surface area (Å²) >= 11 is 5.62. The molecule has 0 radical (unpaired) electrons. The first-order valence-corrected chi connectivity index (χ1v) is 9.07. The van der Waals surface area contributed by atoms with Gasteiger partial charge in [0.15, 0.2) is 5.11 Å². The number of benzene rings is 2. The van der Waals surface area contributed by atoms with Crippen molar-refractivity contribution < 1.29 is 0 Å². The van der Waals surface area contributed by atoms with Gasteiger partial charge in [0, 0.05) is 6.04 Å². The van der Waals surface area contributed by atoms with E-state index in [4.69, 9.17) is 12.2 Å². The third kappa shape index (κ3) is 2.92. The molecule has 0 unspecified atom stereocenters. The van der Waals surface area contributed by atoms with Crippen LogP contribution < -0.4 is 10.6 Å². The van der Waals surface area contributed by atoms with Crippen LogP contribution in [0.25, 0.3) is 11.1 Å². The Balaban J connectivity index is 1.51. The Hall–Kier alpha value is -1.91. The summed E-state index contributed by atoms with van der Waals surface area (Å²) in [5, 5.41) is 7.84. The minimum atomic E-state index is 0.142. The number of fused-ring (bicyclic) bond motifs is 3. The molecule has 2 aliphatic rings. The highest BCUT2D eigenvalue weighted by Crippen LogP contribution is 2.42. The van der Waals surface area contributed by atoms with E-state index in [1.807, 2.05) is 0 Å². The molecule has 1 fully saturated rings. The zero-order valence-corrected chi connectivity index (χ0v) is 14.8. The summed E-state index contributed by atoms with van der Waals surface area (Å²) < 4.78 is 0. The lowest BCUT2D eigenvalue weighted by Gasteiger charge is -2.31. The van der Waals surface area contributed by atoms with Crippen LogP contribution in [0.5, 0.6) is 0 Å². The topological polar surface area (TPSA) is 27.3 Å². The second kappa shape index (κ2) is 6.54.